The number of aliphatic hydroxyl groups excluding tert-OH is 2. The van der Waals surface area contributed by atoms with Crippen molar-refractivity contribution in [3.63, 3.8) is 0 Å². The molecule has 1 aliphatic heterocycles. The Balaban J connectivity index is 2.19. The van der Waals surface area contributed by atoms with Crippen molar-refractivity contribution in [1.82, 2.24) is 4.90 Å². The highest BCUT2D eigenvalue weighted by atomic mass is 16.5. The van der Waals surface area contributed by atoms with Crippen molar-refractivity contribution < 1.29 is 14.9 Å². The molecule has 0 aromatic heterocycles. The van der Waals surface area contributed by atoms with E-state index in [2.05, 4.69) is 0 Å². The third kappa shape index (κ3) is 4.04. The van der Waals surface area contributed by atoms with Gasteiger partial charge in [-0.1, -0.05) is 0 Å². The van der Waals surface area contributed by atoms with E-state index in [4.69, 9.17) is 10.5 Å². The number of β-amino-alcohol motifs (C(OH)–C–C–N with tert-alkyl or cyclic N) is 2. The van der Waals surface area contributed by atoms with Crippen LogP contribution in [0.1, 0.15) is 13.3 Å². The fourth-order valence-corrected chi connectivity index (χ4v) is 1.86. The Kier molecular flexibility index (Phi) is 5.49. The Bertz CT molecular complexity index is 170. The van der Waals surface area contributed by atoms with Crippen LogP contribution in [0.25, 0.3) is 0 Å². The fraction of sp³-hybridized carbons (Fsp3) is 1.00. The molecule has 15 heavy (non-hydrogen) atoms. The van der Waals surface area contributed by atoms with Crippen molar-refractivity contribution >= 4 is 0 Å². The van der Waals surface area contributed by atoms with E-state index in [-0.39, 0.29) is 6.10 Å². The normalized spacial score (nSPS) is 29.6. The van der Waals surface area contributed by atoms with Gasteiger partial charge < -0.3 is 20.7 Å². The molecule has 1 rings (SSSR count). The monoisotopic (exact) mass is 218 g/mol. The van der Waals surface area contributed by atoms with Crippen molar-refractivity contribution in [2.45, 2.75) is 31.7 Å². The van der Waals surface area contributed by atoms with Gasteiger partial charge in [-0.15, -0.1) is 0 Å². The molecule has 1 aliphatic rings. The van der Waals surface area contributed by atoms with Gasteiger partial charge in [-0.2, -0.15) is 0 Å². The first-order valence-corrected chi connectivity index (χ1v) is 5.57. The van der Waals surface area contributed by atoms with Crippen LogP contribution in [0.3, 0.4) is 0 Å². The fourth-order valence-electron chi connectivity index (χ4n) is 1.86. The molecule has 0 aromatic rings. The highest BCUT2D eigenvalue weighted by molar-refractivity contribution is 4.83. The van der Waals surface area contributed by atoms with E-state index in [9.17, 15) is 10.2 Å². The van der Waals surface area contributed by atoms with Crippen LogP contribution in [0, 0.1) is 0 Å². The van der Waals surface area contributed by atoms with Gasteiger partial charge in [0.15, 0.2) is 0 Å². The van der Waals surface area contributed by atoms with Gasteiger partial charge in [0.2, 0.25) is 0 Å². The van der Waals surface area contributed by atoms with Crippen molar-refractivity contribution in [3.05, 3.63) is 0 Å². The largest absolute Gasteiger partial charge is 0.389 e. The number of nitrogens with zero attached hydrogens (tertiary/aromatic N) is 1. The molecule has 5 nitrogen and oxygen atoms in total. The predicted octanol–water partition coefficient (Wildman–Crippen LogP) is -1.22. The maximum absolute atomic E-state index is 9.35. The van der Waals surface area contributed by atoms with E-state index in [1.54, 1.807) is 0 Å². The molecule has 90 valence electrons. The maximum Gasteiger partial charge on any atom is 0.0938 e. The minimum atomic E-state index is -0.603. The standard InChI is InChI=1S/C10H22N2O3/c1-2-15-8(5-11)3-4-12-6-9(13)10(14)7-12/h8-10,13-14H,2-7,11H2,1H3. The average molecular weight is 218 g/mol. The second-order valence-corrected chi connectivity index (χ2v) is 4.00. The Labute approximate surface area is 90.8 Å². The molecule has 0 bridgehead atoms. The second kappa shape index (κ2) is 6.40. The third-order valence-electron chi connectivity index (χ3n) is 2.77. The SMILES string of the molecule is CCOC(CN)CCN1CC(O)C(O)C1. The molecular weight excluding hydrogens is 196 g/mol. The van der Waals surface area contributed by atoms with Crippen molar-refractivity contribution in [2.24, 2.45) is 5.73 Å². The van der Waals surface area contributed by atoms with E-state index in [0.29, 0.717) is 26.2 Å². The average Bonchev–Trinajstić information content (AvgIpc) is 2.53. The molecule has 0 radical (unpaired) electrons. The number of aliphatic hydroxyl groups is 2. The number of ether oxygens (including phenoxy) is 1. The molecule has 1 saturated heterocycles. The Morgan fingerprint density at radius 3 is 2.47 bits per heavy atom. The highest BCUT2D eigenvalue weighted by Gasteiger charge is 2.29. The summed E-state index contributed by atoms with van der Waals surface area (Å²) in [4.78, 5) is 2.04. The Hall–Kier alpha value is -0.200. The number of nitrogens with two attached hydrogens (primary N) is 1. The van der Waals surface area contributed by atoms with Crippen LogP contribution in [0.4, 0.5) is 0 Å². The summed E-state index contributed by atoms with van der Waals surface area (Å²) in [6.45, 7) is 5.05. The lowest BCUT2D eigenvalue weighted by molar-refractivity contribution is 0.0550. The summed E-state index contributed by atoms with van der Waals surface area (Å²) in [5.74, 6) is 0. The van der Waals surface area contributed by atoms with Crippen molar-refractivity contribution in [1.29, 1.82) is 0 Å². The molecule has 1 heterocycles. The maximum atomic E-state index is 9.35. The molecule has 0 aromatic carbocycles. The van der Waals surface area contributed by atoms with E-state index < -0.39 is 12.2 Å². The Morgan fingerprint density at radius 1 is 1.40 bits per heavy atom. The van der Waals surface area contributed by atoms with E-state index >= 15 is 0 Å². The van der Waals surface area contributed by atoms with Crippen LogP contribution in [-0.4, -0.2) is 66.2 Å². The lowest BCUT2D eigenvalue weighted by Crippen LogP contribution is -2.31. The minimum absolute atomic E-state index is 0.0879. The molecule has 4 N–H and O–H groups in total. The van der Waals surface area contributed by atoms with Gasteiger partial charge in [0.05, 0.1) is 18.3 Å². The summed E-state index contributed by atoms with van der Waals surface area (Å²) in [5, 5.41) is 18.7. The minimum Gasteiger partial charge on any atom is -0.389 e. The van der Waals surface area contributed by atoms with Crippen LogP contribution in [0.2, 0.25) is 0 Å². The quantitative estimate of drug-likeness (QED) is 0.521. The van der Waals surface area contributed by atoms with Gasteiger partial charge in [0.25, 0.3) is 0 Å². The van der Waals surface area contributed by atoms with Gasteiger partial charge in [0, 0.05) is 32.8 Å². The Morgan fingerprint density at radius 2 is 2.00 bits per heavy atom. The van der Waals surface area contributed by atoms with E-state index in [1.807, 2.05) is 11.8 Å². The first-order chi connectivity index (χ1) is 7.17. The zero-order valence-corrected chi connectivity index (χ0v) is 9.30. The molecule has 3 atom stereocenters. The molecule has 3 unspecified atom stereocenters. The molecule has 0 amide bonds. The molecule has 0 spiro atoms. The lowest BCUT2D eigenvalue weighted by Gasteiger charge is -2.19. The summed E-state index contributed by atoms with van der Waals surface area (Å²) < 4.78 is 5.43. The van der Waals surface area contributed by atoms with Gasteiger partial charge >= 0.3 is 0 Å². The van der Waals surface area contributed by atoms with Crippen molar-refractivity contribution in [2.75, 3.05) is 32.8 Å². The summed E-state index contributed by atoms with van der Waals surface area (Å²) in [7, 11) is 0. The summed E-state index contributed by atoms with van der Waals surface area (Å²) in [6, 6.07) is 0. The summed E-state index contributed by atoms with van der Waals surface area (Å²) >= 11 is 0. The zero-order chi connectivity index (χ0) is 11.3. The molecule has 5 heteroatoms. The van der Waals surface area contributed by atoms with E-state index in [0.717, 1.165) is 13.0 Å². The zero-order valence-electron chi connectivity index (χ0n) is 9.30. The first kappa shape index (κ1) is 12.9. The predicted molar refractivity (Wildman–Crippen MR) is 57.5 cm³/mol. The van der Waals surface area contributed by atoms with Crippen LogP contribution in [0.5, 0.6) is 0 Å². The third-order valence-corrected chi connectivity index (χ3v) is 2.77. The van der Waals surface area contributed by atoms with Gasteiger partial charge in [0.1, 0.15) is 0 Å². The topological polar surface area (TPSA) is 79.0 Å². The second-order valence-electron chi connectivity index (χ2n) is 4.00. The summed E-state index contributed by atoms with van der Waals surface area (Å²) in [5.41, 5.74) is 5.56. The summed E-state index contributed by atoms with van der Waals surface area (Å²) in [6.07, 6.45) is -0.268. The molecular formula is C10H22N2O3. The number of hydrogen-bond acceptors (Lipinski definition) is 5. The smallest absolute Gasteiger partial charge is 0.0938 e. The van der Waals surface area contributed by atoms with Crippen molar-refractivity contribution in [3.8, 4) is 0 Å². The van der Waals surface area contributed by atoms with Crippen LogP contribution >= 0.6 is 0 Å². The van der Waals surface area contributed by atoms with Gasteiger partial charge in [-0.3, -0.25) is 4.90 Å². The van der Waals surface area contributed by atoms with Crippen LogP contribution in [0.15, 0.2) is 0 Å². The van der Waals surface area contributed by atoms with Crippen LogP contribution in [-0.2, 0) is 4.74 Å². The van der Waals surface area contributed by atoms with Gasteiger partial charge in [-0.05, 0) is 13.3 Å². The highest BCUT2D eigenvalue weighted by Crippen LogP contribution is 2.11. The molecule has 0 saturated carbocycles. The van der Waals surface area contributed by atoms with Crippen LogP contribution < -0.4 is 5.73 Å². The van der Waals surface area contributed by atoms with Gasteiger partial charge in [-0.25, -0.2) is 0 Å². The first-order valence-electron chi connectivity index (χ1n) is 5.57. The lowest BCUT2D eigenvalue weighted by atomic mass is 10.2. The number of rotatable bonds is 6. The molecule has 0 aliphatic carbocycles. The number of hydrogen-bond donors (Lipinski definition) is 3. The number of likely N-dealkylation sites (tertiary alicyclic amines) is 1. The molecule has 1 fully saturated rings. The van der Waals surface area contributed by atoms with E-state index in [1.165, 1.54) is 0 Å².